The zero-order valence-electron chi connectivity index (χ0n) is 5.41. The van der Waals surface area contributed by atoms with Crippen LogP contribution in [0, 0.1) is 11.3 Å². The summed E-state index contributed by atoms with van der Waals surface area (Å²) >= 11 is 0. The number of pyridine rings is 1. The maximum absolute atomic E-state index is 8.30. The van der Waals surface area contributed by atoms with E-state index in [1.54, 1.807) is 18.3 Å². The smallest absolute Gasteiger partial charge is 0.123 e. The fourth-order valence-corrected chi connectivity index (χ4v) is 0.696. The van der Waals surface area contributed by atoms with Crippen LogP contribution in [0.5, 0.6) is 0 Å². The second-order valence-electron chi connectivity index (χ2n) is 1.92. The first-order valence-corrected chi connectivity index (χ1v) is 2.90. The van der Waals surface area contributed by atoms with Crippen molar-refractivity contribution in [3.8, 4) is 6.07 Å². The van der Waals surface area contributed by atoms with Gasteiger partial charge < -0.3 is 5.73 Å². The Hall–Kier alpha value is -1.56. The van der Waals surface area contributed by atoms with Crippen molar-refractivity contribution in [1.29, 1.82) is 5.26 Å². The van der Waals surface area contributed by atoms with Crippen molar-refractivity contribution >= 4 is 5.82 Å². The Morgan fingerprint density at radius 2 is 2.50 bits per heavy atom. The molecule has 10 heavy (non-hydrogen) atoms. The van der Waals surface area contributed by atoms with Crippen LogP contribution < -0.4 is 5.73 Å². The third kappa shape index (κ3) is 1.46. The lowest BCUT2D eigenvalue weighted by molar-refractivity contribution is 1.22. The van der Waals surface area contributed by atoms with Crippen LogP contribution in [-0.4, -0.2) is 4.98 Å². The third-order valence-electron chi connectivity index (χ3n) is 1.13. The Bertz CT molecular complexity index is 262. The van der Waals surface area contributed by atoms with Gasteiger partial charge in [0.1, 0.15) is 5.82 Å². The molecule has 1 heterocycles. The van der Waals surface area contributed by atoms with Crippen molar-refractivity contribution in [3.63, 3.8) is 0 Å². The average Bonchev–Trinajstić information content (AvgIpc) is 1.88. The zero-order chi connectivity index (χ0) is 7.40. The first-order chi connectivity index (χ1) is 4.83. The largest absolute Gasteiger partial charge is 0.384 e. The fraction of sp³-hybridized carbons (Fsp3) is 0.143. The minimum absolute atomic E-state index is 0.396. The van der Waals surface area contributed by atoms with Crippen LogP contribution in [0.25, 0.3) is 0 Å². The van der Waals surface area contributed by atoms with E-state index in [2.05, 4.69) is 4.98 Å². The van der Waals surface area contributed by atoms with Gasteiger partial charge >= 0.3 is 0 Å². The molecule has 3 heteroatoms. The minimum Gasteiger partial charge on any atom is -0.384 e. The number of rotatable bonds is 1. The number of hydrogen-bond acceptors (Lipinski definition) is 3. The van der Waals surface area contributed by atoms with Crippen LogP contribution in [0.1, 0.15) is 5.56 Å². The summed E-state index contributed by atoms with van der Waals surface area (Å²) in [5, 5.41) is 8.30. The van der Waals surface area contributed by atoms with Gasteiger partial charge in [0.2, 0.25) is 0 Å². The normalized spacial score (nSPS) is 8.70. The third-order valence-corrected chi connectivity index (χ3v) is 1.13. The van der Waals surface area contributed by atoms with Gasteiger partial charge in [-0.25, -0.2) is 4.98 Å². The highest BCUT2D eigenvalue weighted by Crippen LogP contribution is 2.02. The lowest BCUT2D eigenvalue weighted by Crippen LogP contribution is -1.90. The highest BCUT2D eigenvalue weighted by atomic mass is 14.8. The molecule has 0 aliphatic heterocycles. The molecule has 0 amide bonds. The molecule has 1 aromatic heterocycles. The number of aromatic nitrogens is 1. The molecule has 1 aromatic rings. The summed E-state index contributed by atoms with van der Waals surface area (Å²) in [6, 6.07) is 5.50. The van der Waals surface area contributed by atoms with Gasteiger partial charge in [-0.2, -0.15) is 5.26 Å². The van der Waals surface area contributed by atoms with Gasteiger partial charge in [0.15, 0.2) is 0 Å². The van der Waals surface area contributed by atoms with Crippen molar-refractivity contribution < 1.29 is 0 Å². The van der Waals surface area contributed by atoms with E-state index in [4.69, 9.17) is 11.0 Å². The van der Waals surface area contributed by atoms with E-state index in [0.29, 0.717) is 12.2 Å². The van der Waals surface area contributed by atoms with Crippen molar-refractivity contribution in [2.75, 3.05) is 5.73 Å². The molecule has 0 saturated heterocycles. The predicted molar refractivity (Wildman–Crippen MR) is 38.0 cm³/mol. The number of nitrogens with two attached hydrogens (primary N) is 1. The van der Waals surface area contributed by atoms with Crippen LogP contribution in [0.15, 0.2) is 18.3 Å². The van der Waals surface area contributed by atoms with Crippen molar-refractivity contribution in [3.05, 3.63) is 23.9 Å². The molecule has 2 N–H and O–H groups in total. The summed E-state index contributed by atoms with van der Waals surface area (Å²) in [5.74, 6) is 0.466. The van der Waals surface area contributed by atoms with E-state index in [0.717, 1.165) is 5.56 Å². The molecular weight excluding hydrogens is 126 g/mol. The minimum atomic E-state index is 0.396. The van der Waals surface area contributed by atoms with E-state index in [-0.39, 0.29) is 0 Å². The number of nitrogen functional groups attached to an aromatic ring is 1. The molecule has 50 valence electrons. The molecule has 0 radical (unpaired) electrons. The summed E-state index contributed by atoms with van der Waals surface area (Å²) in [5.41, 5.74) is 6.28. The van der Waals surface area contributed by atoms with Crippen molar-refractivity contribution in [2.45, 2.75) is 6.42 Å². The monoisotopic (exact) mass is 133 g/mol. The molecule has 0 saturated carbocycles. The second-order valence-corrected chi connectivity index (χ2v) is 1.92. The van der Waals surface area contributed by atoms with Gasteiger partial charge in [-0.3, -0.25) is 0 Å². The van der Waals surface area contributed by atoms with Crippen molar-refractivity contribution in [2.24, 2.45) is 0 Å². The van der Waals surface area contributed by atoms with Gasteiger partial charge in [-0.1, -0.05) is 0 Å². The maximum Gasteiger partial charge on any atom is 0.123 e. The van der Waals surface area contributed by atoms with Crippen LogP contribution in [0.2, 0.25) is 0 Å². The van der Waals surface area contributed by atoms with Crippen LogP contribution in [0.4, 0.5) is 5.82 Å². The Morgan fingerprint density at radius 1 is 1.70 bits per heavy atom. The average molecular weight is 133 g/mol. The first kappa shape index (κ1) is 6.56. The summed E-state index contributed by atoms with van der Waals surface area (Å²) < 4.78 is 0. The molecule has 0 aromatic carbocycles. The summed E-state index contributed by atoms with van der Waals surface area (Å²) in [4.78, 5) is 3.79. The van der Waals surface area contributed by atoms with Gasteiger partial charge in [0, 0.05) is 6.20 Å². The predicted octanol–water partition coefficient (Wildman–Crippen LogP) is 0.730. The van der Waals surface area contributed by atoms with E-state index in [1.807, 2.05) is 6.07 Å². The molecule has 0 atom stereocenters. The number of nitrogens with zero attached hydrogens (tertiary/aromatic N) is 2. The van der Waals surface area contributed by atoms with E-state index in [1.165, 1.54) is 0 Å². The second kappa shape index (κ2) is 2.83. The topological polar surface area (TPSA) is 62.7 Å². The molecule has 3 nitrogen and oxygen atoms in total. The Morgan fingerprint density at radius 3 is 3.10 bits per heavy atom. The van der Waals surface area contributed by atoms with Gasteiger partial charge in [-0.05, 0) is 17.7 Å². The van der Waals surface area contributed by atoms with Gasteiger partial charge in [0.05, 0.1) is 12.5 Å². The number of anilines is 1. The quantitative estimate of drug-likeness (QED) is 0.614. The number of nitriles is 1. The zero-order valence-corrected chi connectivity index (χ0v) is 5.41. The Kier molecular flexibility index (Phi) is 1.86. The Balaban J connectivity index is 2.87. The van der Waals surface area contributed by atoms with E-state index < -0.39 is 0 Å². The molecule has 0 aliphatic carbocycles. The van der Waals surface area contributed by atoms with Gasteiger partial charge in [-0.15, -0.1) is 0 Å². The molecule has 1 rings (SSSR count). The lowest BCUT2D eigenvalue weighted by Gasteiger charge is -1.93. The molecule has 0 aliphatic rings. The maximum atomic E-state index is 8.30. The molecule has 0 unspecified atom stereocenters. The standard InChI is InChI=1S/C7H7N3/c8-3-1-6-2-4-10-7(9)5-6/h2,4-5H,1H2,(H2,9,10). The van der Waals surface area contributed by atoms with Crippen molar-refractivity contribution in [1.82, 2.24) is 4.98 Å². The van der Waals surface area contributed by atoms with Crippen LogP contribution in [-0.2, 0) is 6.42 Å². The Labute approximate surface area is 59.1 Å². The highest BCUT2D eigenvalue weighted by molar-refractivity contribution is 5.32. The van der Waals surface area contributed by atoms with Crippen LogP contribution in [0.3, 0.4) is 0 Å². The fourth-order valence-electron chi connectivity index (χ4n) is 0.696. The molecular formula is C7H7N3. The number of hydrogen-bond donors (Lipinski definition) is 1. The van der Waals surface area contributed by atoms with E-state index >= 15 is 0 Å². The highest BCUT2D eigenvalue weighted by Gasteiger charge is 1.90. The lowest BCUT2D eigenvalue weighted by atomic mass is 10.2. The summed E-state index contributed by atoms with van der Waals surface area (Å²) in [6.45, 7) is 0. The first-order valence-electron chi connectivity index (χ1n) is 2.90. The molecule has 0 spiro atoms. The summed E-state index contributed by atoms with van der Waals surface area (Å²) in [7, 11) is 0. The summed E-state index contributed by atoms with van der Waals surface area (Å²) in [6.07, 6.45) is 1.99. The van der Waals surface area contributed by atoms with E-state index in [9.17, 15) is 0 Å². The SMILES string of the molecule is N#CCc1ccnc(N)c1. The van der Waals surface area contributed by atoms with Crippen LogP contribution >= 0.6 is 0 Å². The molecule has 0 bridgehead atoms. The molecule has 0 fully saturated rings. The van der Waals surface area contributed by atoms with Gasteiger partial charge in [0.25, 0.3) is 0 Å².